The second kappa shape index (κ2) is 5.03. The molecule has 1 aromatic heterocycles. The fraction of sp³-hybridized carbons (Fsp3) is 0.583. The Morgan fingerprint density at radius 2 is 2.40 bits per heavy atom. The molecule has 2 fully saturated rings. The number of piperazine rings is 1. The highest BCUT2D eigenvalue weighted by Gasteiger charge is 2.38. The number of fused-ring (bicyclic) bond motifs is 1. The number of nitrogens with one attached hydrogen (secondary N) is 1. The van der Waals surface area contributed by atoms with Crippen LogP contribution < -0.4 is 5.32 Å². The first kappa shape index (κ1) is 12.8. The molecule has 0 aliphatic carbocycles. The lowest BCUT2D eigenvalue weighted by atomic mass is 10.2. The van der Waals surface area contributed by atoms with Crippen molar-refractivity contribution in [2.75, 3.05) is 26.2 Å². The molecule has 8 heteroatoms. The highest BCUT2D eigenvalue weighted by Crippen LogP contribution is 2.17. The van der Waals surface area contributed by atoms with E-state index in [0.29, 0.717) is 38.5 Å². The largest absolute Gasteiger partial charge is 0.447 e. The van der Waals surface area contributed by atoms with Gasteiger partial charge in [0, 0.05) is 25.7 Å². The molecule has 20 heavy (non-hydrogen) atoms. The first-order valence-corrected chi connectivity index (χ1v) is 6.52. The van der Waals surface area contributed by atoms with E-state index in [2.05, 4.69) is 10.5 Å². The Labute approximate surface area is 115 Å². The molecule has 0 bridgehead atoms. The highest BCUT2D eigenvalue weighted by molar-refractivity contribution is 5.75. The van der Waals surface area contributed by atoms with Crippen molar-refractivity contribution in [2.24, 2.45) is 0 Å². The average Bonchev–Trinajstić information content (AvgIpc) is 3.02. The molecule has 0 saturated carbocycles. The lowest BCUT2D eigenvalue weighted by Gasteiger charge is -2.35. The van der Waals surface area contributed by atoms with Gasteiger partial charge in [0.25, 0.3) is 0 Å². The van der Waals surface area contributed by atoms with E-state index in [1.165, 1.54) is 0 Å². The Balaban J connectivity index is 1.52. The number of ether oxygens (including phenoxy) is 1. The second-order valence-corrected chi connectivity index (χ2v) is 4.96. The van der Waals surface area contributed by atoms with E-state index in [-0.39, 0.29) is 18.2 Å². The number of hydrogen-bond acceptors (Lipinski definition) is 5. The van der Waals surface area contributed by atoms with Crippen LogP contribution in [0.1, 0.15) is 11.5 Å². The number of nitrogens with zero attached hydrogens (tertiary/aromatic N) is 3. The van der Waals surface area contributed by atoms with E-state index in [0.717, 1.165) is 5.69 Å². The van der Waals surface area contributed by atoms with Crippen LogP contribution in [0.25, 0.3) is 0 Å². The summed E-state index contributed by atoms with van der Waals surface area (Å²) in [7, 11) is 0. The van der Waals surface area contributed by atoms with Gasteiger partial charge in [-0.05, 0) is 6.92 Å². The topological polar surface area (TPSA) is 87.9 Å². The molecule has 3 amide bonds. The van der Waals surface area contributed by atoms with Gasteiger partial charge in [0.2, 0.25) is 0 Å². The van der Waals surface area contributed by atoms with Gasteiger partial charge in [0.1, 0.15) is 6.61 Å². The Morgan fingerprint density at radius 3 is 3.15 bits per heavy atom. The van der Waals surface area contributed by atoms with Crippen LogP contribution in [0.5, 0.6) is 0 Å². The molecule has 2 aliphatic heterocycles. The summed E-state index contributed by atoms with van der Waals surface area (Å²) in [5.41, 5.74) is 0.782. The summed E-state index contributed by atoms with van der Waals surface area (Å²) >= 11 is 0. The van der Waals surface area contributed by atoms with Gasteiger partial charge in [0.05, 0.1) is 18.3 Å². The van der Waals surface area contributed by atoms with Crippen molar-refractivity contribution in [3.05, 3.63) is 17.5 Å². The lowest BCUT2D eigenvalue weighted by molar-refractivity contribution is 0.126. The summed E-state index contributed by atoms with van der Waals surface area (Å²) in [5.74, 6) is 0.619. The van der Waals surface area contributed by atoms with Crippen molar-refractivity contribution in [3.63, 3.8) is 0 Å². The number of rotatable bonds is 2. The van der Waals surface area contributed by atoms with E-state index in [9.17, 15) is 9.59 Å². The molecule has 0 radical (unpaired) electrons. The van der Waals surface area contributed by atoms with Crippen LogP contribution in [0.4, 0.5) is 9.59 Å². The third-order valence-electron chi connectivity index (χ3n) is 3.49. The van der Waals surface area contributed by atoms with Crippen LogP contribution in [0.2, 0.25) is 0 Å². The van der Waals surface area contributed by atoms with Gasteiger partial charge in [-0.15, -0.1) is 0 Å². The summed E-state index contributed by atoms with van der Waals surface area (Å²) in [6, 6.07) is 1.58. The molecular weight excluding hydrogens is 264 g/mol. The van der Waals surface area contributed by atoms with Crippen LogP contribution in [0.3, 0.4) is 0 Å². The predicted molar refractivity (Wildman–Crippen MR) is 66.9 cm³/mol. The number of carbonyl (C=O) groups is 2. The van der Waals surface area contributed by atoms with Crippen LogP contribution in [0, 0.1) is 6.92 Å². The third-order valence-corrected chi connectivity index (χ3v) is 3.49. The van der Waals surface area contributed by atoms with Crippen molar-refractivity contribution in [2.45, 2.75) is 19.5 Å². The van der Waals surface area contributed by atoms with E-state index in [4.69, 9.17) is 9.26 Å². The number of amides is 3. The number of aryl methyl sites for hydroxylation is 1. The van der Waals surface area contributed by atoms with Crippen molar-refractivity contribution >= 4 is 12.1 Å². The number of hydrogen-bond donors (Lipinski definition) is 1. The molecule has 0 unspecified atom stereocenters. The molecule has 0 spiro atoms. The number of cyclic esters (lactones) is 1. The molecule has 1 N–H and O–H groups in total. The van der Waals surface area contributed by atoms with Crippen LogP contribution >= 0.6 is 0 Å². The molecular formula is C12H16N4O4. The van der Waals surface area contributed by atoms with Crippen molar-refractivity contribution in [1.82, 2.24) is 20.3 Å². The average molecular weight is 280 g/mol. The SMILES string of the molecule is Cc1cc(CNC(=O)N2CCN3C(=O)OC[C@@H]3C2)on1. The van der Waals surface area contributed by atoms with Gasteiger partial charge < -0.3 is 19.5 Å². The smallest absolute Gasteiger partial charge is 0.410 e. The maximum atomic E-state index is 12.1. The monoisotopic (exact) mass is 280 g/mol. The van der Waals surface area contributed by atoms with Gasteiger partial charge in [-0.25, -0.2) is 9.59 Å². The van der Waals surface area contributed by atoms with Crippen molar-refractivity contribution in [1.29, 1.82) is 0 Å². The van der Waals surface area contributed by atoms with Crippen LogP contribution in [-0.2, 0) is 11.3 Å². The van der Waals surface area contributed by atoms with Gasteiger partial charge in [-0.1, -0.05) is 5.16 Å². The standard InChI is InChI=1S/C12H16N4O4/c1-8-4-10(20-14-8)5-13-11(17)15-2-3-16-9(6-15)7-19-12(16)18/h4,9H,2-3,5-7H2,1H3,(H,13,17)/t9-/m0/s1. The molecule has 8 nitrogen and oxygen atoms in total. The Kier molecular flexibility index (Phi) is 3.21. The summed E-state index contributed by atoms with van der Waals surface area (Å²) in [4.78, 5) is 26.8. The summed E-state index contributed by atoms with van der Waals surface area (Å²) in [5, 5.41) is 6.54. The predicted octanol–water partition coefficient (Wildman–Crippen LogP) is 0.329. The highest BCUT2D eigenvalue weighted by atomic mass is 16.6. The molecule has 0 aromatic carbocycles. The maximum absolute atomic E-state index is 12.1. The van der Waals surface area contributed by atoms with Crippen molar-refractivity contribution in [3.8, 4) is 0 Å². The fourth-order valence-electron chi connectivity index (χ4n) is 2.45. The Hall–Kier alpha value is -2.25. The molecule has 3 rings (SSSR count). The van der Waals surface area contributed by atoms with Crippen LogP contribution in [0.15, 0.2) is 10.6 Å². The zero-order valence-electron chi connectivity index (χ0n) is 11.2. The number of urea groups is 1. The number of carbonyl (C=O) groups excluding carboxylic acids is 2. The summed E-state index contributed by atoms with van der Waals surface area (Å²) < 4.78 is 9.99. The molecule has 3 heterocycles. The fourth-order valence-corrected chi connectivity index (χ4v) is 2.45. The van der Waals surface area contributed by atoms with E-state index < -0.39 is 0 Å². The second-order valence-electron chi connectivity index (χ2n) is 4.96. The summed E-state index contributed by atoms with van der Waals surface area (Å²) in [6.07, 6.45) is -0.285. The van der Waals surface area contributed by atoms with Gasteiger partial charge in [-0.3, -0.25) is 4.90 Å². The summed E-state index contributed by atoms with van der Waals surface area (Å²) in [6.45, 7) is 3.99. The van der Waals surface area contributed by atoms with Gasteiger partial charge in [0.15, 0.2) is 5.76 Å². The minimum absolute atomic E-state index is 0.0328. The van der Waals surface area contributed by atoms with E-state index >= 15 is 0 Å². The zero-order valence-corrected chi connectivity index (χ0v) is 11.2. The van der Waals surface area contributed by atoms with Gasteiger partial charge in [-0.2, -0.15) is 0 Å². The van der Waals surface area contributed by atoms with E-state index in [1.54, 1.807) is 15.9 Å². The third kappa shape index (κ3) is 2.40. The van der Waals surface area contributed by atoms with E-state index in [1.807, 2.05) is 6.92 Å². The van der Waals surface area contributed by atoms with Crippen LogP contribution in [-0.4, -0.2) is 59.4 Å². The Bertz CT molecular complexity index is 529. The molecule has 1 aromatic rings. The first-order valence-electron chi connectivity index (χ1n) is 6.52. The van der Waals surface area contributed by atoms with Gasteiger partial charge >= 0.3 is 12.1 Å². The minimum atomic E-state index is -0.285. The normalized spacial score (nSPS) is 21.6. The molecule has 2 saturated heterocycles. The molecule has 108 valence electrons. The van der Waals surface area contributed by atoms with Crippen molar-refractivity contribution < 1.29 is 18.8 Å². The maximum Gasteiger partial charge on any atom is 0.410 e. The zero-order chi connectivity index (χ0) is 14.1. The number of aromatic nitrogens is 1. The molecule has 2 aliphatic rings. The molecule has 1 atom stereocenters. The lowest BCUT2D eigenvalue weighted by Crippen LogP contribution is -2.55. The quantitative estimate of drug-likeness (QED) is 0.843. The first-order chi connectivity index (χ1) is 9.63. The minimum Gasteiger partial charge on any atom is -0.447 e. The Morgan fingerprint density at radius 1 is 1.55 bits per heavy atom.